The third-order valence-electron chi connectivity index (χ3n) is 11.9. The maximum absolute atomic E-state index is 10.5. The molecular formula is C62H54N4. The zero-order chi connectivity index (χ0) is 49.8. The van der Waals surface area contributed by atoms with Gasteiger partial charge in [0.25, 0.3) is 0 Å². The molecule has 6 aromatic carbocycles. The minimum absolute atomic E-state index is 0.160. The zero-order valence-electron chi connectivity index (χ0n) is 42.6. The summed E-state index contributed by atoms with van der Waals surface area (Å²) in [6, 6.07) is 61.9. The van der Waals surface area contributed by atoms with Gasteiger partial charge in [0.05, 0.1) is 28.7 Å². The summed E-state index contributed by atoms with van der Waals surface area (Å²) in [6.45, 7) is 3.24. The Morgan fingerprint density at radius 2 is 1.02 bits per heavy atom. The number of pyridine rings is 3. The molecule has 0 aliphatic heterocycles. The lowest BCUT2D eigenvalue weighted by Gasteiger charge is -2.20. The highest BCUT2D eigenvalue weighted by Gasteiger charge is 2.19. The van der Waals surface area contributed by atoms with Gasteiger partial charge in [-0.15, -0.1) is 0 Å². The molecule has 0 radical (unpaired) electrons. The van der Waals surface area contributed by atoms with Crippen LogP contribution in [0, 0.1) is 23.6 Å². The topological polar surface area (TPSA) is 62.5 Å². The summed E-state index contributed by atoms with van der Waals surface area (Å²) < 4.78 is 41.9. The highest BCUT2D eigenvalue weighted by molar-refractivity contribution is 5.93. The predicted molar refractivity (Wildman–Crippen MR) is 273 cm³/mol. The average molecular weight is 860 g/mol. The Morgan fingerprint density at radius 3 is 1.56 bits per heavy atom. The third-order valence-corrected chi connectivity index (χ3v) is 11.9. The number of hydrogen-bond acceptors (Lipinski definition) is 4. The second-order valence-electron chi connectivity index (χ2n) is 17.8. The smallest absolute Gasteiger partial charge is 0.0994 e. The Morgan fingerprint density at radius 1 is 0.470 bits per heavy atom. The van der Waals surface area contributed by atoms with Crippen LogP contribution >= 0.6 is 0 Å². The van der Waals surface area contributed by atoms with E-state index in [4.69, 9.17) is 6.85 Å². The van der Waals surface area contributed by atoms with Gasteiger partial charge < -0.3 is 0 Å². The first kappa shape index (κ1) is 37.6. The van der Waals surface area contributed by atoms with E-state index in [0.29, 0.717) is 11.3 Å². The second kappa shape index (κ2) is 19.6. The zero-order valence-corrected chi connectivity index (χ0v) is 37.6. The van der Waals surface area contributed by atoms with E-state index in [1.807, 2.05) is 93.8 Å². The van der Waals surface area contributed by atoms with Gasteiger partial charge in [0.1, 0.15) is 0 Å². The molecule has 4 nitrogen and oxygen atoms in total. The minimum Gasteiger partial charge on any atom is -0.256 e. The Labute approximate surface area is 397 Å². The molecule has 0 saturated carbocycles. The van der Waals surface area contributed by atoms with Gasteiger partial charge in [-0.1, -0.05) is 154 Å². The summed E-state index contributed by atoms with van der Waals surface area (Å²) in [5.74, 6) is 0. The van der Waals surface area contributed by atoms with Crippen LogP contribution < -0.4 is 0 Å². The molecule has 66 heavy (non-hydrogen) atoms. The van der Waals surface area contributed by atoms with Gasteiger partial charge in [0.2, 0.25) is 0 Å². The highest BCUT2D eigenvalue weighted by atomic mass is 14.7. The van der Waals surface area contributed by atoms with Crippen LogP contribution in [0.2, 0.25) is 0 Å². The van der Waals surface area contributed by atoms with Crippen molar-refractivity contribution < 1.29 is 6.85 Å². The Balaban J connectivity index is 1.12. The summed E-state index contributed by atoms with van der Waals surface area (Å²) in [6.07, 6.45) is 6.66. The fraction of sp³-hybridized carbons (Fsp3) is 0.161. The van der Waals surface area contributed by atoms with Gasteiger partial charge in [-0.05, 0) is 154 Å². The van der Waals surface area contributed by atoms with E-state index in [0.717, 1.165) is 87.1 Å². The van der Waals surface area contributed by atoms with Crippen molar-refractivity contribution in [3.63, 3.8) is 0 Å². The first-order valence-electron chi connectivity index (χ1n) is 25.0. The van der Waals surface area contributed by atoms with E-state index in [9.17, 15) is 5.26 Å². The molecule has 9 rings (SSSR count). The van der Waals surface area contributed by atoms with Crippen molar-refractivity contribution in [1.82, 2.24) is 15.0 Å². The van der Waals surface area contributed by atoms with Crippen molar-refractivity contribution in [2.24, 2.45) is 5.41 Å². The number of aromatic nitrogens is 3. The van der Waals surface area contributed by atoms with Crippen molar-refractivity contribution >= 4 is 0 Å². The molecule has 0 unspecified atom stereocenters. The molecule has 0 aliphatic carbocycles. The summed E-state index contributed by atoms with van der Waals surface area (Å²) >= 11 is 0. The highest BCUT2D eigenvalue weighted by Crippen LogP contribution is 2.41. The van der Waals surface area contributed by atoms with Crippen LogP contribution in [-0.4, -0.2) is 15.0 Å². The van der Waals surface area contributed by atoms with Crippen molar-refractivity contribution in [3.8, 4) is 73.2 Å². The lowest BCUT2D eigenvalue weighted by atomic mass is 9.84. The van der Waals surface area contributed by atoms with E-state index in [1.165, 1.54) is 28.5 Å². The quantitative estimate of drug-likeness (QED) is 0.116. The molecule has 0 amide bonds. The molecule has 0 atom stereocenters. The fourth-order valence-electron chi connectivity index (χ4n) is 8.56. The van der Waals surface area contributed by atoms with Crippen LogP contribution in [0.1, 0.15) is 66.6 Å². The predicted octanol–water partition coefficient (Wildman–Crippen LogP) is 15.2. The summed E-state index contributed by atoms with van der Waals surface area (Å²) in [5, 5.41) is 10.5. The van der Waals surface area contributed by atoms with E-state index in [1.54, 1.807) is 24.3 Å². The van der Waals surface area contributed by atoms with Crippen LogP contribution in [0.25, 0.3) is 67.2 Å². The molecule has 0 aliphatic rings. The van der Waals surface area contributed by atoms with Crippen LogP contribution in [0.15, 0.2) is 195 Å². The summed E-state index contributed by atoms with van der Waals surface area (Å²) in [4.78, 5) is 13.7. The molecular weight excluding hydrogens is 801 g/mol. The molecule has 0 saturated heterocycles. The molecule has 0 N–H and O–H groups in total. The van der Waals surface area contributed by atoms with Gasteiger partial charge in [0, 0.05) is 42.1 Å². The summed E-state index contributed by atoms with van der Waals surface area (Å²) in [5.41, 5.74) is 16.0. The van der Waals surface area contributed by atoms with Crippen molar-refractivity contribution in [3.05, 3.63) is 233 Å². The maximum Gasteiger partial charge on any atom is 0.0994 e. The van der Waals surface area contributed by atoms with Crippen LogP contribution in [0.4, 0.5) is 0 Å². The molecule has 4 heteroatoms. The second-order valence-corrected chi connectivity index (χ2v) is 17.8. The third kappa shape index (κ3) is 10.4. The first-order chi connectivity index (χ1) is 34.1. The van der Waals surface area contributed by atoms with Crippen molar-refractivity contribution in [2.45, 2.75) is 59.7 Å². The monoisotopic (exact) mass is 859 g/mol. The van der Waals surface area contributed by atoms with Crippen molar-refractivity contribution in [2.75, 3.05) is 0 Å². The molecule has 0 spiro atoms. The Kier molecular flexibility index (Phi) is 11.1. The standard InChI is InChI=1S/C62H54N4/c1-43-15-32-61(66-42-43)51-30-31-57(58(39-51)50-28-29-52(40-62(2,3)4)54(38-50)41-63)56-12-6-5-11-55(56)53-36-46(18-16-44-20-24-48(25-21-44)59-13-7-9-33-64-59)35-47(37-53)19-17-45-22-26-49(27-23-45)60-14-8-10-34-65-60/h5-15,20-39,42H,16-19,40H2,1-4H3/i1D3,40D2. The number of nitriles is 1. The van der Waals surface area contributed by atoms with Gasteiger partial charge in [-0.25, -0.2) is 0 Å². The fourth-order valence-corrected chi connectivity index (χ4v) is 8.56. The normalized spacial score (nSPS) is 12.8. The van der Waals surface area contributed by atoms with Gasteiger partial charge >= 0.3 is 0 Å². The van der Waals surface area contributed by atoms with E-state index >= 15 is 0 Å². The molecule has 0 fully saturated rings. The number of aryl methyl sites for hydroxylation is 5. The van der Waals surface area contributed by atoms with Gasteiger partial charge in [0.15, 0.2) is 0 Å². The molecule has 322 valence electrons. The number of nitrogens with zero attached hydrogens (tertiary/aromatic N) is 4. The molecule has 9 aromatic rings. The van der Waals surface area contributed by atoms with Crippen LogP contribution in [0.3, 0.4) is 0 Å². The average Bonchev–Trinajstić information content (AvgIpc) is 3.39. The van der Waals surface area contributed by atoms with Gasteiger partial charge in [-0.2, -0.15) is 5.26 Å². The molecule has 0 bridgehead atoms. The first-order valence-corrected chi connectivity index (χ1v) is 22.5. The number of hydrogen-bond donors (Lipinski definition) is 0. The van der Waals surface area contributed by atoms with Gasteiger partial charge in [-0.3, -0.25) is 15.0 Å². The van der Waals surface area contributed by atoms with Crippen LogP contribution in [0.5, 0.6) is 0 Å². The van der Waals surface area contributed by atoms with E-state index in [2.05, 4.69) is 112 Å². The largest absolute Gasteiger partial charge is 0.256 e. The minimum atomic E-state index is -2.28. The van der Waals surface area contributed by atoms with E-state index < -0.39 is 18.6 Å². The maximum atomic E-state index is 10.5. The lowest BCUT2D eigenvalue weighted by molar-refractivity contribution is 0.411. The van der Waals surface area contributed by atoms with Crippen LogP contribution in [-0.2, 0) is 32.1 Å². The lowest BCUT2D eigenvalue weighted by Crippen LogP contribution is -2.10. The SMILES string of the molecule is [2H]C([2H])([2H])c1ccc(-c2ccc(-c3ccccc3-c3cc(CCc4ccc(-c5ccccn5)cc4)cc(CCc4ccc(-c5ccccn5)cc4)c3)c(-c3ccc(C([2H])([2H])C(C)(C)C)c(C#N)c3)c2)nc1. The Hall–Kier alpha value is -7.74. The van der Waals surface area contributed by atoms with E-state index in [-0.39, 0.29) is 11.1 Å². The Bertz CT molecular complexity index is 3230. The number of rotatable bonds is 13. The summed E-state index contributed by atoms with van der Waals surface area (Å²) in [7, 11) is 0. The number of benzene rings is 6. The van der Waals surface area contributed by atoms with Crippen molar-refractivity contribution in [1.29, 1.82) is 5.26 Å². The molecule has 3 heterocycles. The molecule has 3 aromatic heterocycles.